The lowest BCUT2D eigenvalue weighted by Crippen LogP contribution is -2.23. The van der Waals surface area contributed by atoms with Gasteiger partial charge in [-0.15, -0.1) is 10.2 Å². The van der Waals surface area contributed by atoms with E-state index in [1.807, 2.05) is 73.0 Å². The van der Waals surface area contributed by atoms with Crippen molar-refractivity contribution in [1.29, 1.82) is 0 Å². The number of amides is 1. The summed E-state index contributed by atoms with van der Waals surface area (Å²) in [7, 11) is 1.79. The molecule has 0 aliphatic rings. The number of benzene rings is 2. The van der Waals surface area contributed by atoms with Crippen LogP contribution >= 0.6 is 11.8 Å². The average Bonchev–Trinajstić information content (AvgIpc) is 3.26. The smallest absolute Gasteiger partial charge is 0.295 e. The summed E-state index contributed by atoms with van der Waals surface area (Å²) < 4.78 is 5.18. The van der Waals surface area contributed by atoms with Gasteiger partial charge >= 0.3 is 0 Å². The fourth-order valence-electron chi connectivity index (χ4n) is 3.45. The van der Waals surface area contributed by atoms with Gasteiger partial charge in [-0.1, -0.05) is 47.7 Å². The molecular weight excluding hydrogens is 424 g/mol. The van der Waals surface area contributed by atoms with Crippen LogP contribution in [0.3, 0.4) is 0 Å². The molecule has 0 radical (unpaired) electrons. The largest absolute Gasteiger partial charge is 0.319 e. The highest BCUT2D eigenvalue weighted by atomic mass is 32.2. The summed E-state index contributed by atoms with van der Waals surface area (Å²) in [4.78, 5) is 25.7. The zero-order valence-electron chi connectivity index (χ0n) is 18.4. The number of carbonyl (C=O) groups is 1. The van der Waals surface area contributed by atoms with Gasteiger partial charge in [0.1, 0.15) is 11.5 Å². The molecule has 164 valence electrons. The molecule has 1 amide bonds. The van der Waals surface area contributed by atoms with E-state index in [1.165, 1.54) is 16.4 Å². The molecule has 0 saturated carbocycles. The van der Waals surface area contributed by atoms with Gasteiger partial charge in [0, 0.05) is 12.7 Å². The minimum Gasteiger partial charge on any atom is -0.319 e. The number of para-hydroxylation sites is 1. The molecule has 0 fully saturated rings. The summed E-state index contributed by atoms with van der Waals surface area (Å²) in [5.74, 6) is 0.557. The Labute approximate surface area is 189 Å². The Morgan fingerprint density at radius 2 is 1.66 bits per heavy atom. The SMILES string of the molecule is Cc1ccc(-n2c(C)nnc2SCC(=O)Nc2c(C)n(C)n(-c3ccccc3)c2=O)cc1. The first kappa shape index (κ1) is 21.6. The number of hydrogen-bond donors (Lipinski definition) is 1. The zero-order valence-corrected chi connectivity index (χ0v) is 19.2. The van der Waals surface area contributed by atoms with Gasteiger partial charge in [0.2, 0.25) is 5.91 Å². The van der Waals surface area contributed by atoms with Crippen molar-refractivity contribution < 1.29 is 4.79 Å². The average molecular weight is 449 g/mol. The summed E-state index contributed by atoms with van der Waals surface area (Å²) in [5.41, 5.74) is 3.51. The van der Waals surface area contributed by atoms with Crippen LogP contribution in [-0.2, 0) is 11.8 Å². The van der Waals surface area contributed by atoms with Crippen molar-refractivity contribution in [3.63, 3.8) is 0 Å². The molecule has 0 aliphatic heterocycles. The normalized spacial score (nSPS) is 11.0. The molecule has 0 atom stereocenters. The molecule has 0 unspecified atom stereocenters. The molecule has 0 bridgehead atoms. The van der Waals surface area contributed by atoms with Gasteiger partial charge in [-0.05, 0) is 45.0 Å². The van der Waals surface area contributed by atoms with E-state index < -0.39 is 0 Å². The number of aromatic nitrogens is 5. The Hall–Kier alpha value is -3.59. The quantitative estimate of drug-likeness (QED) is 0.457. The molecule has 4 rings (SSSR count). The maximum atomic E-state index is 13.0. The predicted octanol–water partition coefficient (Wildman–Crippen LogP) is 3.41. The maximum absolute atomic E-state index is 13.0. The number of thioether (sulfide) groups is 1. The van der Waals surface area contributed by atoms with Crippen LogP contribution in [0.4, 0.5) is 5.69 Å². The molecule has 0 saturated heterocycles. The molecule has 2 aromatic carbocycles. The molecule has 9 heteroatoms. The van der Waals surface area contributed by atoms with Crippen LogP contribution in [0.1, 0.15) is 17.1 Å². The lowest BCUT2D eigenvalue weighted by Gasteiger charge is -2.09. The van der Waals surface area contributed by atoms with Crippen molar-refractivity contribution in [3.8, 4) is 11.4 Å². The summed E-state index contributed by atoms with van der Waals surface area (Å²) in [6.45, 7) is 5.71. The van der Waals surface area contributed by atoms with Gasteiger partial charge in [-0.2, -0.15) is 0 Å². The van der Waals surface area contributed by atoms with Crippen molar-refractivity contribution in [2.75, 3.05) is 11.1 Å². The molecule has 4 aromatic rings. The van der Waals surface area contributed by atoms with Crippen LogP contribution in [0.25, 0.3) is 11.4 Å². The molecule has 2 heterocycles. The Bertz CT molecular complexity index is 1320. The van der Waals surface area contributed by atoms with Crippen molar-refractivity contribution in [3.05, 3.63) is 82.0 Å². The van der Waals surface area contributed by atoms with Crippen LogP contribution in [0.15, 0.2) is 64.5 Å². The number of rotatable bonds is 6. The molecule has 1 N–H and O–H groups in total. The van der Waals surface area contributed by atoms with Crippen molar-refractivity contribution in [2.45, 2.75) is 25.9 Å². The number of carbonyl (C=O) groups excluding carboxylic acids is 1. The van der Waals surface area contributed by atoms with E-state index in [0.717, 1.165) is 22.8 Å². The van der Waals surface area contributed by atoms with Gasteiger partial charge < -0.3 is 5.32 Å². The highest BCUT2D eigenvalue weighted by Gasteiger charge is 2.19. The van der Waals surface area contributed by atoms with Gasteiger partial charge in [-0.3, -0.25) is 18.8 Å². The number of anilines is 1. The van der Waals surface area contributed by atoms with Crippen LogP contribution in [0.5, 0.6) is 0 Å². The second-order valence-corrected chi connectivity index (χ2v) is 8.42. The Balaban J connectivity index is 1.52. The van der Waals surface area contributed by atoms with Crippen molar-refractivity contribution >= 4 is 23.4 Å². The molecule has 0 spiro atoms. The van der Waals surface area contributed by atoms with E-state index in [9.17, 15) is 9.59 Å². The van der Waals surface area contributed by atoms with E-state index in [-0.39, 0.29) is 22.9 Å². The highest BCUT2D eigenvalue weighted by Crippen LogP contribution is 2.22. The van der Waals surface area contributed by atoms with Crippen molar-refractivity contribution in [1.82, 2.24) is 24.1 Å². The van der Waals surface area contributed by atoms with E-state index in [4.69, 9.17) is 0 Å². The van der Waals surface area contributed by atoms with E-state index in [1.54, 1.807) is 18.7 Å². The van der Waals surface area contributed by atoms with Gasteiger partial charge in [0.05, 0.1) is 17.1 Å². The summed E-state index contributed by atoms with van der Waals surface area (Å²) in [6.07, 6.45) is 0. The van der Waals surface area contributed by atoms with E-state index in [0.29, 0.717) is 10.9 Å². The fraction of sp³-hybridized carbons (Fsp3) is 0.217. The fourth-order valence-corrected chi connectivity index (χ4v) is 4.24. The number of nitrogens with one attached hydrogen (secondary N) is 1. The molecule has 8 nitrogen and oxygen atoms in total. The number of hydrogen-bond acceptors (Lipinski definition) is 5. The Kier molecular flexibility index (Phi) is 6.00. The molecule has 0 aliphatic carbocycles. The first-order valence-electron chi connectivity index (χ1n) is 10.1. The zero-order chi connectivity index (χ0) is 22.8. The summed E-state index contributed by atoms with van der Waals surface area (Å²) >= 11 is 1.28. The predicted molar refractivity (Wildman–Crippen MR) is 126 cm³/mol. The van der Waals surface area contributed by atoms with Gasteiger partial charge in [0.15, 0.2) is 5.16 Å². The molecule has 2 aromatic heterocycles. The maximum Gasteiger partial charge on any atom is 0.295 e. The third-order valence-electron chi connectivity index (χ3n) is 5.24. The third-order valence-corrected chi connectivity index (χ3v) is 6.17. The van der Waals surface area contributed by atoms with Crippen LogP contribution in [0.2, 0.25) is 0 Å². The molecule has 32 heavy (non-hydrogen) atoms. The van der Waals surface area contributed by atoms with Crippen LogP contribution < -0.4 is 10.9 Å². The highest BCUT2D eigenvalue weighted by molar-refractivity contribution is 7.99. The lowest BCUT2D eigenvalue weighted by atomic mass is 10.2. The van der Waals surface area contributed by atoms with Gasteiger partial charge in [0.25, 0.3) is 5.56 Å². The minimum absolute atomic E-state index is 0.100. The lowest BCUT2D eigenvalue weighted by molar-refractivity contribution is -0.113. The Morgan fingerprint density at radius 3 is 2.34 bits per heavy atom. The van der Waals surface area contributed by atoms with E-state index in [2.05, 4.69) is 15.5 Å². The minimum atomic E-state index is -0.280. The first-order valence-corrected chi connectivity index (χ1v) is 11.1. The summed E-state index contributed by atoms with van der Waals surface area (Å²) in [5, 5.41) is 11.8. The topological polar surface area (TPSA) is 86.7 Å². The van der Waals surface area contributed by atoms with E-state index >= 15 is 0 Å². The standard InChI is InChI=1S/C23H24N6O2S/c1-15-10-12-18(13-11-15)28-17(3)25-26-23(28)32-14-20(30)24-21-16(2)27(4)29(22(21)31)19-8-6-5-7-9-19/h5-13H,14H2,1-4H3,(H,24,30). The second-order valence-electron chi connectivity index (χ2n) is 7.47. The first-order chi connectivity index (χ1) is 15.4. The Morgan fingerprint density at radius 1 is 0.969 bits per heavy atom. The molecular formula is C23H24N6O2S. The number of nitrogens with zero attached hydrogens (tertiary/aromatic N) is 5. The van der Waals surface area contributed by atoms with Crippen LogP contribution in [0, 0.1) is 20.8 Å². The summed E-state index contributed by atoms with van der Waals surface area (Å²) in [6, 6.07) is 17.4. The second kappa shape index (κ2) is 8.88. The van der Waals surface area contributed by atoms with Crippen LogP contribution in [-0.4, -0.2) is 35.8 Å². The monoisotopic (exact) mass is 448 g/mol. The van der Waals surface area contributed by atoms with Gasteiger partial charge in [-0.25, -0.2) is 4.68 Å². The number of aryl methyl sites for hydroxylation is 2. The van der Waals surface area contributed by atoms with Crippen molar-refractivity contribution in [2.24, 2.45) is 7.05 Å². The third kappa shape index (κ3) is 4.11.